The van der Waals surface area contributed by atoms with E-state index in [1.54, 1.807) is 6.07 Å². The van der Waals surface area contributed by atoms with Crippen LogP contribution in [0.4, 0.5) is 0 Å². The predicted octanol–water partition coefficient (Wildman–Crippen LogP) is 2.39. The molecule has 2 nitrogen and oxygen atoms in total. The van der Waals surface area contributed by atoms with E-state index in [-0.39, 0.29) is 0 Å². The maximum Gasteiger partial charge on any atom is 0.186 e. The predicted molar refractivity (Wildman–Crippen MR) is 54.2 cm³/mol. The van der Waals surface area contributed by atoms with Gasteiger partial charge in [0.15, 0.2) is 11.1 Å². The number of benzene rings is 1. The minimum atomic E-state index is -1.85. The highest BCUT2D eigenvalue weighted by Crippen LogP contribution is 2.15. The van der Waals surface area contributed by atoms with Crippen molar-refractivity contribution in [1.82, 2.24) is 0 Å². The summed E-state index contributed by atoms with van der Waals surface area (Å²) in [7, 11) is 0. The van der Waals surface area contributed by atoms with Gasteiger partial charge in [-0.1, -0.05) is 19.9 Å². The van der Waals surface area contributed by atoms with E-state index in [9.17, 15) is 4.21 Å². The third-order valence-corrected chi connectivity index (χ3v) is 2.80. The Bertz CT molecular complexity index is 321. The second-order valence-corrected chi connectivity index (χ2v) is 3.86. The van der Waals surface area contributed by atoms with Gasteiger partial charge in [0.1, 0.15) is 0 Å². The van der Waals surface area contributed by atoms with E-state index in [4.69, 9.17) is 4.55 Å². The number of rotatable bonds is 3. The first-order valence-electron chi connectivity index (χ1n) is 4.41. The fraction of sp³-hybridized carbons (Fsp3) is 0.400. The number of aryl methyl sites for hydroxylation is 2. The van der Waals surface area contributed by atoms with Crippen molar-refractivity contribution in [2.24, 2.45) is 0 Å². The normalized spacial score (nSPS) is 12.8. The molecule has 0 amide bonds. The van der Waals surface area contributed by atoms with Gasteiger partial charge >= 0.3 is 0 Å². The van der Waals surface area contributed by atoms with Gasteiger partial charge in [-0.3, -0.25) is 0 Å². The van der Waals surface area contributed by atoms with Gasteiger partial charge in [-0.15, -0.1) is 0 Å². The van der Waals surface area contributed by atoms with Crippen molar-refractivity contribution in [3.05, 3.63) is 29.3 Å². The van der Waals surface area contributed by atoms with Gasteiger partial charge in [0, 0.05) is 0 Å². The molecule has 0 radical (unpaired) electrons. The molecule has 0 bridgehead atoms. The van der Waals surface area contributed by atoms with E-state index >= 15 is 0 Å². The van der Waals surface area contributed by atoms with Crippen molar-refractivity contribution in [1.29, 1.82) is 0 Å². The highest BCUT2D eigenvalue weighted by molar-refractivity contribution is 7.79. The average molecular weight is 198 g/mol. The Hall–Kier alpha value is -0.670. The molecule has 1 unspecified atom stereocenters. The minimum absolute atomic E-state index is 0.494. The molecule has 1 N–H and O–H groups in total. The maximum absolute atomic E-state index is 10.8. The largest absolute Gasteiger partial charge is 0.302 e. The Morgan fingerprint density at radius 3 is 2.31 bits per heavy atom. The first-order chi connectivity index (χ1) is 6.19. The zero-order valence-corrected chi connectivity index (χ0v) is 8.73. The second kappa shape index (κ2) is 4.53. The Morgan fingerprint density at radius 1 is 1.23 bits per heavy atom. The molecule has 3 heteroatoms. The SMILES string of the molecule is CCc1ccc(S(=O)O)cc1CC. The third-order valence-electron chi connectivity index (χ3n) is 2.14. The van der Waals surface area contributed by atoms with Crippen LogP contribution in [-0.2, 0) is 23.9 Å². The topological polar surface area (TPSA) is 37.3 Å². The van der Waals surface area contributed by atoms with Crippen LogP contribution in [0.25, 0.3) is 0 Å². The summed E-state index contributed by atoms with van der Waals surface area (Å²) in [6.07, 6.45) is 1.88. The fourth-order valence-electron chi connectivity index (χ4n) is 1.38. The lowest BCUT2D eigenvalue weighted by Gasteiger charge is -2.06. The van der Waals surface area contributed by atoms with Crippen LogP contribution in [-0.4, -0.2) is 8.76 Å². The Balaban J connectivity index is 3.13. The fourth-order valence-corrected chi connectivity index (χ4v) is 1.81. The molecule has 1 aromatic rings. The summed E-state index contributed by atoms with van der Waals surface area (Å²) in [5.41, 5.74) is 2.43. The van der Waals surface area contributed by atoms with Crippen LogP contribution in [0.1, 0.15) is 25.0 Å². The van der Waals surface area contributed by atoms with Crippen molar-refractivity contribution in [2.45, 2.75) is 31.6 Å². The Labute approximate surface area is 81.3 Å². The lowest BCUT2D eigenvalue weighted by atomic mass is 10.0. The molecular formula is C10H14O2S. The highest BCUT2D eigenvalue weighted by atomic mass is 32.2. The van der Waals surface area contributed by atoms with Crippen molar-refractivity contribution >= 4 is 11.1 Å². The van der Waals surface area contributed by atoms with Crippen LogP contribution in [0.15, 0.2) is 23.1 Å². The summed E-state index contributed by atoms with van der Waals surface area (Å²) < 4.78 is 19.7. The number of hydrogen-bond donors (Lipinski definition) is 1. The molecular weight excluding hydrogens is 184 g/mol. The molecule has 0 fully saturated rings. The lowest BCUT2D eigenvalue weighted by Crippen LogP contribution is -1.95. The molecule has 0 spiro atoms. The smallest absolute Gasteiger partial charge is 0.186 e. The second-order valence-electron chi connectivity index (χ2n) is 2.89. The summed E-state index contributed by atoms with van der Waals surface area (Å²) >= 11 is -1.85. The summed E-state index contributed by atoms with van der Waals surface area (Å²) in [5, 5.41) is 0. The van der Waals surface area contributed by atoms with E-state index in [2.05, 4.69) is 13.8 Å². The lowest BCUT2D eigenvalue weighted by molar-refractivity contribution is 0.564. The molecule has 0 aliphatic rings. The Kier molecular flexibility index (Phi) is 3.63. The molecule has 1 rings (SSSR count). The average Bonchev–Trinajstić information content (AvgIpc) is 2.16. The third kappa shape index (κ3) is 2.39. The first kappa shape index (κ1) is 10.4. The van der Waals surface area contributed by atoms with E-state index in [0.717, 1.165) is 12.8 Å². The van der Waals surface area contributed by atoms with Gasteiger partial charge < -0.3 is 4.55 Å². The van der Waals surface area contributed by atoms with Crippen LogP contribution in [0.3, 0.4) is 0 Å². The summed E-state index contributed by atoms with van der Waals surface area (Å²) in [4.78, 5) is 0.494. The minimum Gasteiger partial charge on any atom is -0.302 e. The first-order valence-corrected chi connectivity index (χ1v) is 5.52. The van der Waals surface area contributed by atoms with Gasteiger partial charge in [-0.2, -0.15) is 0 Å². The molecule has 0 heterocycles. The zero-order chi connectivity index (χ0) is 9.84. The highest BCUT2D eigenvalue weighted by Gasteiger charge is 2.03. The van der Waals surface area contributed by atoms with Crippen LogP contribution in [0, 0.1) is 0 Å². The quantitative estimate of drug-likeness (QED) is 0.757. The van der Waals surface area contributed by atoms with Gasteiger partial charge in [-0.25, -0.2) is 4.21 Å². The van der Waals surface area contributed by atoms with Gasteiger partial charge in [-0.05, 0) is 36.1 Å². The molecule has 1 aromatic carbocycles. The van der Waals surface area contributed by atoms with Gasteiger partial charge in [0.05, 0.1) is 4.90 Å². The summed E-state index contributed by atoms with van der Waals surface area (Å²) in [5.74, 6) is 0. The van der Waals surface area contributed by atoms with Crippen LogP contribution >= 0.6 is 0 Å². The van der Waals surface area contributed by atoms with E-state index in [0.29, 0.717) is 4.90 Å². The van der Waals surface area contributed by atoms with Gasteiger partial charge in [0.2, 0.25) is 0 Å². The van der Waals surface area contributed by atoms with E-state index in [1.807, 2.05) is 12.1 Å². The van der Waals surface area contributed by atoms with E-state index < -0.39 is 11.1 Å². The van der Waals surface area contributed by atoms with Crippen molar-refractivity contribution in [3.8, 4) is 0 Å². The zero-order valence-electron chi connectivity index (χ0n) is 7.91. The molecule has 0 saturated carbocycles. The molecule has 0 aromatic heterocycles. The van der Waals surface area contributed by atoms with Crippen molar-refractivity contribution in [3.63, 3.8) is 0 Å². The Morgan fingerprint density at radius 2 is 1.85 bits per heavy atom. The molecule has 72 valence electrons. The molecule has 0 aliphatic heterocycles. The number of hydrogen-bond acceptors (Lipinski definition) is 1. The molecule has 0 aliphatic carbocycles. The monoisotopic (exact) mass is 198 g/mol. The summed E-state index contributed by atoms with van der Waals surface area (Å²) in [6, 6.07) is 5.46. The molecule has 1 atom stereocenters. The molecule has 0 saturated heterocycles. The van der Waals surface area contributed by atoms with Crippen molar-refractivity contribution < 1.29 is 8.76 Å². The summed E-state index contributed by atoms with van der Waals surface area (Å²) in [6.45, 7) is 4.14. The standard InChI is InChI=1S/C10H14O2S/c1-3-8-5-6-10(13(11)12)7-9(8)4-2/h5-7H,3-4H2,1-2H3,(H,11,12). The van der Waals surface area contributed by atoms with Crippen LogP contribution < -0.4 is 0 Å². The maximum atomic E-state index is 10.8. The van der Waals surface area contributed by atoms with E-state index in [1.165, 1.54) is 11.1 Å². The van der Waals surface area contributed by atoms with Crippen LogP contribution in [0.5, 0.6) is 0 Å². The van der Waals surface area contributed by atoms with Gasteiger partial charge in [0.25, 0.3) is 0 Å². The molecule has 13 heavy (non-hydrogen) atoms. The van der Waals surface area contributed by atoms with Crippen LogP contribution in [0.2, 0.25) is 0 Å². The van der Waals surface area contributed by atoms with Crippen molar-refractivity contribution in [2.75, 3.05) is 0 Å².